The van der Waals surface area contributed by atoms with Crippen molar-refractivity contribution >= 4 is 23.2 Å². The Morgan fingerprint density at radius 3 is 2.53 bits per heavy atom. The molecular weight excluding hydrogens is 281 g/mol. The minimum atomic E-state index is 0.360. The molecule has 2 rings (SSSR count). The van der Waals surface area contributed by atoms with Crippen molar-refractivity contribution in [1.82, 2.24) is 14.8 Å². The lowest BCUT2D eigenvalue weighted by atomic mass is 10.1. The molecule has 0 unspecified atom stereocenters. The van der Waals surface area contributed by atoms with Crippen LogP contribution in [0, 0.1) is 12.8 Å². The molecule has 102 valence electrons. The number of rotatable bonds is 4. The summed E-state index contributed by atoms with van der Waals surface area (Å²) in [6.07, 6.45) is 0. The number of hydrogen-bond donors (Lipinski definition) is 0. The van der Waals surface area contributed by atoms with E-state index < -0.39 is 0 Å². The topological polar surface area (TPSA) is 30.7 Å². The molecule has 0 aliphatic rings. The number of hydrogen-bond acceptors (Lipinski definition) is 2. The average molecular weight is 298 g/mol. The molecule has 5 heteroatoms. The molecule has 0 aliphatic heterocycles. The highest BCUT2D eigenvalue weighted by molar-refractivity contribution is 6.30. The van der Waals surface area contributed by atoms with E-state index in [1.165, 1.54) is 0 Å². The van der Waals surface area contributed by atoms with E-state index in [-0.39, 0.29) is 0 Å². The number of alkyl halides is 1. The molecule has 0 N–H and O–H groups in total. The van der Waals surface area contributed by atoms with Crippen LogP contribution in [0.2, 0.25) is 5.02 Å². The summed E-state index contributed by atoms with van der Waals surface area (Å²) in [6.45, 7) is 7.17. The van der Waals surface area contributed by atoms with E-state index in [4.69, 9.17) is 23.2 Å². The van der Waals surface area contributed by atoms with Crippen LogP contribution in [0.15, 0.2) is 18.2 Å². The highest BCUT2D eigenvalue weighted by Crippen LogP contribution is 2.25. The molecule has 0 amide bonds. The Kier molecular flexibility index (Phi) is 4.48. The fraction of sp³-hybridized carbons (Fsp3) is 0.429. The van der Waals surface area contributed by atoms with Gasteiger partial charge in [-0.25, -0.2) is 0 Å². The first kappa shape index (κ1) is 14.4. The van der Waals surface area contributed by atoms with Crippen LogP contribution in [0.1, 0.15) is 25.2 Å². The minimum absolute atomic E-state index is 0.360. The van der Waals surface area contributed by atoms with Gasteiger partial charge in [0.2, 0.25) is 0 Å². The SMILES string of the molecule is Cc1cc(Cl)cc(-c2nnc(CCl)n2CC(C)C)c1. The Morgan fingerprint density at radius 2 is 1.95 bits per heavy atom. The molecule has 1 aromatic heterocycles. The van der Waals surface area contributed by atoms with Crippen LogP contribution >= 0.6 is 23.2 Å². The Labute approximate surface area is 123 Å². The summed E-state index contributed by atoms with van der Waals surface area (Å²) >= 11 is 12.0. The van der Waals surface area contributed by atoms with Gasteiger partial charge in [-0.15, -0.1) is 21.8 Å². The van der Waals surface area contributed by atoms with Crippen molar-refractivity contribution in [2.24, 2.45) is 5.92 Å². The second-order valence-electron chi connectivity index (χ2n) is 5.10. The van der Waals surface area contributed by atoms with Crippen LogP contribution in [0.25, 0.3) is 11.4 Å². The lowest BCUT2D eigenvalue weighted by molar-refractivity contribution is 0.515. The monoisotopic (exact) mass is 297 g/mol. The smallest absolute Gasteiger partial charge is 0.164 e. The first-order chi connectivity index (χ1) is 9.01. The number of aryl methyl sites for hydroxylation is 1. The lowest BCUT2D eigenvalue weighted by Crippen LogP contribution is -2.09. The highest BCUT2D eigenvalue weighted by Gasteiger charge is 2.14. The molecule has 0 bridgehead atoms. The van der Waals surface area contributed by atoms with Gasteiger partial charge < -0.3 is 4.57 Å². The third kappa shape index (κ3) is 3.28. The standard InChI is InChI=1S/C14H17Cl2N3/c1-9(2)8-19-13(7-15)17-18-14(19)11-4-10(3)5-12(16)6-11/h4-6,9H,7-8H2,1-3H3. The first-order valence-electron chi connectivity index (χ1n) is 6.27. The summed E-state index contributed by atoms with van der Waals surface area (Å²) in [4.78, 5) is 0. The predicted molar refractivity (Wildman–Crippen MR) is 79.6 cm³/mol. The molecule has 0 spiro atoms. The van der Waals surface area contributed by atoms with Crippen LogP contribution in [0.4, 0.5) is 0 Å². The molecule has 0 radical (unpaired) electrons. The minimum Gasteiger partial charge on any atom is -0.310 e. The molecule has 19 heavy (non-hydrogen) atoms. The quantitative estimate of drug-likeness (QED) is 0.788. The Balaban J connectivity index is 2.51. The molecular formula is C14H17Cl2N3. The average Bonchev–Trinajstić information content (AvgIpc) is 2.69. The van der Waals surface area contributed by atoms with Gasteiger partial charge in [-0.05, 0) is 36.6 Å². The molecule has 3 nitrogen and oxygen atoms in total. The zero-order valence-corrected chi connectivity index (χ0v) is 12.8. The molecule has 1 heterocycles. The second-order valence-corrected chi connectivity index (χ2v) is 5.80. The Hall–Kier alpha value is -1.06. The third-order valence-electron chi connectivity index (χ3n) is 2.79. The number of aromatic nitrogens is 3. The van der Waals surface area contributed by atoms with E-state index in [1.807, 2.05) is 19.1 Å². The van der Waals surface area contributed by atoms with Crippen molar-refractivity contribution in [1.29, 1.82) is 0 Å². The van der Waals surface area contributed by atoms with Crippen molar-refractivity contribution in [3.8, 4) is 11.4 Å². The van der Waals surface area contributed by atoms with Crippen molar-refractivity contribution in [3.63, 3.8) is 0 Å². The Bertz CT molecular complexity index is 556. The van der Waals surface area contributed by atoms with Crippen LogP contribution in [-0.2, 0) is 12.4 Å². The van der Waals surface area contributed by atoms with Crippen molar-refractivity contribution in [2.75, 3.05) is 0 Å². The van der Waals surface area contributed by atoms with E-state index in [2.05, 4.69) is 34.7 Å². The highest BCUT2D eigenvalue weighted by atomic mass is 35.5. The predicted octanol–water partition coefficient (Wildman–Crippen LogP) is 4.30. The zero-order valence-electron chi connectivity index (χ0n) is 11.3. The molecule has 2 aromatic rings. The molecule has 0 atom stereocenters. The van der Waals surface area contributed by atoms with Gasteiger partial charge in [0, 0.05) is 17.1 Å². The van der Waals surface area contributed by atoms with E-state index >= 15 is 0 Å². The van der Waals surface area contributed by atoms with E-state index in [0.29, 0.717) is 16.8 Å². The van der Waals surface area contributed by atoms with Crippen LogP contribution in [-0.4, -0.2) is 14.8 Å². The van der Waals surface area contributed by atoms with Crippen LogP contribution in [0.5, 0.6) is 0 Å². The summed E-state index contributed by atoms with van der Waals surface area (Å²) in [6, 6.07) is 5.90. The lowest BCUT2D eigenvalue weighted by Gasteiger charge is -2.12. The third-order valence-corrected chi connectivity index (χ3v) is 3.25. The fourth-order valence-corrected chi connectivity index (χ4v) is 2.56. The van der Waals surface area contributed by atoms with Gasteiger partial charge >= 0.3 is 0 Å². The van der Waals surface area contributed by atoms with Crippen LogP contribution < -0.4 is 0 Å². The normalized spacial score (nSPS) is 11.3. The Morgan fingerprint density at radius 1 is 1.21 bits per heavy atom. The maximum Gasteiger partial charge on any atom is 0.164 e. The van der Waals surface area contributed by atoms with Gasteiger partial charge in [-0.3, -0.25) is 0 Å². The van der Waals surface area contributed by atoms with Crippen molar-refractivity contribution < 1.29 is 0 Å². The van der Waals surface area contributed by atoms with E-state index in [0.717, 1.165) is 29.3 Å². The molecule has 0 saturated carbocycles. The number of halogens is 2. The molecule has 0 saturated heterocycles. The van der Waals surface area contributed by atoms with Gasteiger partial charge in [0.25, 0.3) is 0 Å². The van der Waals surface area contributed by atoms with Gasteiger partial charge in [-0.2, -0.15) is 0 Å². The second kappa shape index (κ2) is 5.93. The van der Waals surface area contributed by atoms with Gasteiger partial charge in [0.05, 0.1) is 5.88 Å². The fourth-order valence-electron chi connectivity index (χ4n) is 2.07. The summed E-state index contributed by atoms with van der Waals surface area (Å²) < 4.78 is 2.07. The molecule has 0 aliphatic carbocycles. The van der Waals surface area contributed by atoms with E-state index in [9.17, 15) is 0 Å². The largest absolute Gasteiger partial charge is 0.310 e. The van der Waals surface area contributed by atoms with Crippen LogP contribution in [0.3, 0.4) is 0 Å². The van der Waals surface area contributed by atoms with Gasteiger partial charge in [0.15, 0.2) is 5.82 Å². The summed E-state index contributed by atoms with van der Waals surface area (Å²) in [5, 5.41) is 9.13. The summed E-state index contributed by atoms with van der Waals surface area (Å²) in [7, 11) is 0. The van der Waals surface area contributed by atoms with Crippen molar-refractivity contribution in [2.45, 2.75) is 33.2 Å². The number of nitrogens with zero attached hydrogens (tertiary/aromatic N) is 3. The summed E-state index contributed by atoms with van der Waals surface area (Å²) in [5.74, 6) is 2.48. The van der Waals surface area contributed by atoms with Crippen molar-refractivity contribution in [3.05, 3.63) is 34.6 Å². The van der Waals surface area contributed by atoms with Gasteiger partial charge in [-0.1, -0.05) is 25.4 Å². The van der Waals surface area contributed by atoms with Gasteiger partial charge in [0.1, 0.15) is 5.82 Å². The zero-order chi connectivity index (χ0) is 14.0. The number of benzene rings is 1. The maximum atomic E-state index is 6.12. The molecule has 1 aromatic carbocycles. The first-order valence-corrected chi connectivity index (χ1v) is 7.18. The van der Waals surface area contributed by atoms with E-state index in [1.54, 1.807) is 0 Å². The summed E-state index contributed by atoms with van der Waals surface area (Å²) in [5.41, 5.74) is 2.09. The maximum absolute atomic E-state index is 6.12. The molecule has 0 fully saturated rings.